The monoisotopic (exact) mass is 217 g/mol. The zero-order valence-electron chi connectivity index (χ0n) is 8.74. The normalized spacial score (nSPS) is 15.4. The zero-order valence-corrected chi connectivity index (χ0v) is 9.49. The molecule has 14 heavy (non-hydrogen) atoms. The van der Waals surface area contributed by atoms with Crippen LogP contribution in [0.4, 0.5) is 0 Å². The Balaban J connectivity index is 2.26. The van der Waals surface area contributed by atoms with Crippen LogP contribution >= 0.6 is 11.6 Å². The van der Waals surface area contributed by atoms with Gasteiger partial charge >= 0.3 is 0 Å². The molecule has 0 saturated carbocycles. The minimum Gasteiger partial charge on any atom is -0.307 e. The summed E-state index contributed by atoms with van der Waals surface area (Å²) in [6.07, 6.45) is 0.932. The molecule has 0 aliphatic heterocycles. The van der Waals surface area contributed by atoms with Gasteiger partial charge in [0.2, 0.25) is 0 Å². The molecule has 0 bridgehead atoms. The third-order valence-electron chi connectivity index (χ3n) is 1.84. The first-order valence-corrected chi connectivity index (χ1v) is 5.12. The number of aryl methyl sites for hydroxylation is 1. The minimum atomic E-state index is 0.187. The Kier molecular flexibility index (Phi) is 4.28. The van der Waals surface area contributed by atoms with Crippen LogP contribution in [0.2, 0.25) is 0 Å². The smallest absolute Gasteiger partial charge is 0.188 e. The summed E-state index contributed by atoms with van der Waals surface area (Å²) in [5.41, 5.74) is 0. The van der Waals surface area contributed by atoms with Crippen molar-refractivity contribution in [3.05, 3.63) is 5.82 Å². The summed E-state index contributed by atoms with van der Waals surface area (Å²) in [6, 6.07) is 0.367. The van der Waals surface area contributed by atoms with E-state index in [0.717, 1.165) is 6.42 Å². The quantitative estimate of drug-likeness (QED) is 0.738. The molecule has 0 amide bonds. The van der Waals surface area contributed by atoms with E-state index in [0.29, 0.717) is 18.4 Å². The van der Waals surface area contributed by atoms with Gasteiger partial charge in [0.25, 0.3) is 0 Å². The Labute approximate surface area is 88.8 Å². The highest BCUT2D eigenvalue weighted by atomic mass is 35.5. The molecule has 2 unspecified atom stereocenters. The second-order valence-electron chi connectivity index (χ2n) is 3.49. The van der Waals surface area contributed by atoms with Crippen LogP contribution in [0, 0.1) is 0 Å². The lowest BCUT2D eigenvalue weighted by atomic mass is 10.2. The van der Waals surface area contributed by atoms with Crippen molar-refractivity contribution in [2.24, 2.45) is 7.05 Å². The van der Waals surface area contributed by atoms with Gasteiger partial charge in [0.05, 0.1) is 13.6 Å². The average Bonchev–Trinajstić information content (AvgIpc) is 2.47. The molecule has 0 radical (unpaired) electrons. The number of nitrogens with zero attached hydrogens (tertiary/aromatic N) is 4. The third kappa shape index (κ3) is 4.02. The fraction of sp³-hybridized carbons (Fsp3) is 0.875. The van der Waals surface area contributed by atoms with Crippen molar-refractivity contribution < 1.29 is 0 Å². The van der Waals surface area contributed by atoms with Gasteiger partial charge in [-0.2, -0.15) is 4.80 Å². The fourth-order valence-electron chi connectivity index (χ4n) is 1.23. The van der Waals surface area contributed by atoms with Crippen LogP contribution in [0.3, 0.4) is 0 Å². The van der Waals surface area contributed by atoms with Crippen LogP contribution in [-0.4, -0.2) is 31.6 Å². The predicted molar refractivity (Wildman–Crippen MR) is 55.0 cm³/mol. The van der Waals surface area contributed by atoms with Gasteiger partial charge in [-0.05, 0) is 25.5 Å². The Morgan fingerprint density at radius 3 is 2.71 bits per heavy atom. The molecule has 0 aliphatic carbocycles. The maximum absolute atomic E-state index is 5.87. The van der Waals surface area contributed by atoms with Gasteiger partial charge in [-0.3, -0.25) is 0 Å². The van der Waals surface area contributed by atoms with Gasteiger partial charge in [0, 0.05) is 11.4 Å². The van der Waals surface area contributed by atoms with Crippen molar-refractivity contribution >= 4 is 11.6 Å². The predicted octanol–water partition coefficient (Wildman–Crippen LogP) is 0.706. The zero-order chi connectivity index (χ0) is 10.6. The Morgan fingerprint density at radius 2 is 2.21 bits per heavy atom. The molecule has 1 rings (SSSR count). The van der Waals surface area contributed by atoms with E-state index in [2.05, 4.69) is 27.7 Å². The second kappa shape index (κ2) is 5.26. The van der Waals surface area contributed by atoms with Gasteiger partial charge in [-0.15, -0.1) is 21.8 Å². The highest BCUT2D eigenvalue weighted by Crippen LogP contribution is 2.04. The number of hydrogen-bond donors (Lipinski definition) is 1. The average molecular weight is 218 g/mol. The van der Waals surface area contributed by atoms with Gasteiger partial charge in [0.15, 0.2) is 5.82 Å². The molecule has 1 aromatic rings. The molecule has 80 valence electrons. The molecular formula is C8H16ClN5. The standard InChI is InChI=1S/C8H16ClN5/c1-6(9)4-7(2)10-5-8-11-13-14(3)12-8/h6-7,10H,4-5H2,1-3H3. The van der Waals surface area contributed by atoms with Gasteiger partial charge < -0.3 is 5.32 Å². The van der Waals surface area contributed by atoms with E-state index in [9.17, 15) is 0 Å². The summed E-state index contributed by atoms with van der Waals surface area (Å²) in [5, 5.41) is 15.1. The van der Waals surface area contributed by atoms with Crippen molar-refractivity contribution in [2.45, 2.75) is 38.2 Å². The largest absolute Gasteiger partial charge is 0.307 e. The number of nitrogens with one attached hydrogen (secondary N) is 1. The number of rotatable bonds is 5. The third-order valence-corrected chi connectivity index (χ3v) is 2.01. The topological polar surface area (TPSA) is 55.6 Å². The second-order valence-corrected chi connectivity index (χ2v) is 4.24. The first-order valence-electron chi connectivity index (χ1n) is 4.68. The molecule has 0 fully saturated rings. The molecular weight excluding hydrogens is 202 g/mol. The number of hydrogen-bond acceptors (Lipinski definition) is 4. The van der Waals surface area contributed by atoms with Crippen molar-refractivity contribution in [3.63, 3.8) is 0 Å². The Bertz CT molecular complexity index is 272. The summed E-state index contributed by atoms with van der Waals surface area (Å²) < 4.78 is 0. The first-order chi connectivity index (χ1) is 6.58. The molecule has 1 N–H and O–H groups in total. The lowest BCUT2D eigenvalue weighted by Gasteiger charge is -2.13. The Morgan fingerprint density at radius 1 is 1.50 bits per heavy atom. The SMILES string of the molecule is CC(Cl)CC(C)NCc1nnn(C)n1. The van der Waals surface area contributed by atoms with Gasteiger partial charge in [0.1, 0.15) is 0 Å². The summed E-state index contributed by atoms with van der Waals surface area (Å²) in [5.74, 6) is 0.710. The molecule has 1 aromatic heterocycles. The molecule has 0 aliphatic rings. The highest BCUT2D eigenvalue weighted by Gasteiger charge is 2.07. The lowest BCUT2D eigenvalue weighted by Crippen LogP contribution is -2.28. The molecule has 0 spiro atoms. The van der Waals surface area contributed by atoms with Crippen molar-refractivity contribution in [3.8, 4) is 0 Å². The van der Waals surface area contributed by atoms with E-state index in [1.807, 2.05) is 6.92 Å². The van der Waals surface area contributed by atoms with Crippen molar-refractivity contribution in [2.75, 3.05) is 0 Å². The van der Waals surface area contributed by atoms with E-state index in [1.165, 1.54) is 4.80 Å². The maximum Gasteiger partial charge on any atom is 0.188 e. The number of halogens is 1. The first kappa shape index (κ1) is 11.4. The van der Waals surface area contributed by atoms with Gasteiger partial charge in [-0.1, -0.05) is 0 Å². The van der Waals surface area contributed by atoms with Crippen molar-refractivity contribution in [1.29, 1.82) is 0 Å². The van der Waals surface area contributed by atoms with Crippen LogP contribution in [-0.2, 0) is 13.6 Å². The number of alkyl halides is 1. The molecule has 1 heterocycles. The van der Waals surface area contributed by atoms with Crippen LogP contribution in [0.1, 0.15) is 26.1 Å². The summed E-state index contributed by atoms with van der Waals surface area (Å²) in [4.78, 5) is 1.45. The van der Waals surface area contributed by atoms with E-state index in [-0.39, 0.29) is 5.38 Å². The molecule has 2 atom stereocenters. The van der Waals surface area contributed by atoms with Crippen LogP contribution in [0.25, 0.3) is 0 Å². The molecule has 0 aromatic carbocycles. The van der Waals surface area contributed by atoms with E-state index in [4.69, 9.17) is 11.6 Å². The molecule has 0 saturated heterocycles. The summed E-state index contributed by atoms with van der Waals surface area (Å²) in [6.45, 7) is 4.72. The summed E-state index contributed by atoms with van der Waals surface area (Å²) in [7, 11) is 1.75. The molecule has 5 nitrogen and oxygen atoms in total. The number of tetrazole rings is 1. The Hall–Kier alpha value is -0.680. The van der Waals surface area contributed by atoms with Crippen LogP contribution in [0.15, 0.2) is 0 Å². The van der Waals surface area contributed by atoms with Crippen molar-refractivity contribution in [1.82, 2.24) is 25.5 Å². The molecule has 6 heteroatoms. The van der Waals surface area contributed by atoms with E-state index in [1.54, 1.807) is 7.05 Å². The summed E-state index contributed by atoms with van der Waals surface area (Å²) >= 11 is 5.87. The maximum atomic E-state index is 5.87. The van der Waals surface area contributed by atoms with E-state index < -0.39 is 0 Å². The van der Waals surface area contributed by atoms with E-state index >= 15 is 0 Å². The minimum absolute atomic E-state index is 0.187. The van der Waals surface area contributed by atoms with Crippen LogP contribution in [0.5, 0.6) is 0 Å². The van der Waals surface area contributed by atoms with Crippen LogP contribution < -0.4 is 5.32 Å². The fourth-order valence-corrected chi connectivity index (χ4v) is 1.50. The highest BCUT2D eigenvalue weighted by molar-refractivity contribution is 6.20. The van der Waals surface area contributed by atoms with Gasteiger partial charge in [-0.25, -0.2) is 0 Å². The number of aromatic nitrogens is 4. The lowest BCUT2D eigenvalue weighted by molar-refractivity contribution is 0.501.